The minimum atomic E-state index is -0.802. The van der Waals surface area contributed by atoms with Gasteiger partial charge in [-0.05, 0) is 31.4 Å². The molecule has 0 spiro atoms. The van der Waals surface area contributed by atoms with E-state index in [1.54, 1.807) is 6.07 Å². The minimum absolute atomic E-state index is 0.0252. The number of nitrogens with zero attached hydrogens (tertiary/aromatic N) is 2. The van der Waals surface area contributed by atoms with Crippen molar-refractivity contribution in [3.8, 4) is 12.3 Å². The maximum atomic E-state index is 12.0. The van der Waals surface area contributed by atoms with E-state index < -0.39 is 23.4 Å². The van der Waals surface area contributed by atoms with Gasteiger partial charge in [0.2, 0.25) is 0 Å². The summed E-state index contributed by atoms with van der Waals surface area (Å²) in [7, 11) is 0. The number of rotatable bonds is 6. The average molecular weight is 345 g/mol. The first-order valence-corrected chi connectivity index (χ1v) is 7.93. The van der Waals surface area contributed by atoms with Gasteiger partial charge in [-0.1, -0.05) is 5.92 Å². The van der Waals surface area contributed by atoms with Crippen LogP contribution in [0.25, 0.3) is 0 Å². The number of terminal acetylenes is 1. The van der Waals surface area contributed by atoms with E-state index in [9.17, 15) is 19.7 Å². The van der Waals surface area contributed by atoms with Gasteiger partial charge >= 0.3 is 5.97 Å². The SMILES string of the molecule is C#CCNC(=O)COC(=O)c1ccc(N2CCCCC2)c([N+](=O)[O-])c1. The summed E-state index contributed by atoms with van der Waals surface area (Å²) in [6, 6.07) is 4.21. The van der Waals surface area contributed by atoms with Gasteiger partial charge in [0, 0.05) is 19.2 Å². The molecule has 0 saturated carbocycles. The molecule has 1 amide bonds. The van der Waals surface area contributed by atoms with Crippen LogP contribution in [0.3, 0.4) is 0 Å². The Hall–Kier alpha value is -3.08. The van der Waals surface area contributed by atoms with E-state index >= 15 is 0 Å². The molecule has 0 bridgehead atoms. The van der Waals surface area contributed by atoms with E-state index in [-0.39, 0.29) is 17.8 Å². The summed E-state index contributed by atoms with van der Waals surface area (Å²) in [6.07, 6.45) is 8.07. The van der Waals surface area contributed by atoms with E-state index in [0.29, 0.717) is 5.69 Å². The van der Waals surface area contributed by atoms with Crippen molar-refractivity contribution < 1.29 is 19.2 Å². The van der Waals surface area contributed by atoms with Crippen molar-refractivity contribution in [1.82, 2.24) is 5.32 Å². The summed E-state index contributed by atoms with van der Waals surface area (Å²) < 4.78 is 4.85. The van der Waals surface area contributed by atoms with Gasteiger partial charge in [-0.2, -0.15) is 0 Å². The van der Waals surface area contributed by atoms with Crippen molar-refractivity contribution in [2.45, 2.75) is 19.3 Å². The molecule has 1 heterocycles. The molecule has 1 saturated heterocycles. The van der Waals surface area contributed by atoms with Gasteiger partial charge < -0.3 is 15.0 Å². The van der Waals surface area contributed by atoms with Crippen molar-refractivity contribution in [2.24, 2.45) is 0 Å². The fourth-order valence-electron chi connectivity index (χ4n) is 2.61. The lowest BCUT2D eigenvalue weighted by Crippen LogP contribution is -2.30. The third-order valence-corrected chi connectivity index (χ3v) is 3.83. The first-order chi connectivity index (χ1) is 12.0. The molecule has 8 heteroatoms. The first-order valence-electron chi connectivity index (χ1n) is 7.93. The van der Waals surface area contributed by atoms with Crippen molar-refractivity contribution in [1.29, 1.82) is 0 Å². The summed E-state index contributed by atoms with van der Waals surface area (Å²) in [4.78, 5) is 36.2. The second-order valence-corrected chi connectivity index (χ2v) is 5.57. The van der Waals surface area contributed by atoms with E-state index in [2.05, 4.69) is 11.2 Å². The number of ether oxygens (including phenoxy) is 1. The lowest BCUT2D eigenvalue weighted by Gasteiger charge is -2.28. The quantitative estimate of drug-likeness (QED) is 0.363. The Bertz CT molecular complexity index is 705. The number of piperidine rings is 1. The number of esters is 1. The van der Waals surface area contributed by atoms with Crippen molar-refractivity contribution >= 4 is 23.3 Å². The first kappa shape index (κ1) is 18.3. The second-order valence-electron chi connectivity index (χ2n) is 5.57. The van der Waals surface area contributed by atoms with Crippen LogP contribution in [0.4, 0.5) is 11.4 Å². The number of anilines is 1. The normalized spacial score (nSPS) is 13.6. The topological polar surface area (TPSA) is 102 Å². The van der Waals surface area contributed by atoms with E-state index in [0.717, 1.165) is 32.4 Å². The molecule has 1 aromatic rings. The van der Waals surface area contributed by atoms with E-state index in [1.165, 1.54) is 12.1 Å². The summed E-state index contributed by atoms with van der Waals surface area (Å²) in [5.41, 5.74) is 0.373. The number of nitrogens with one attached hydrogen (secondary N) is 1. The molecule has 0 aromatic heterocycles. The Labute approximate surface area is 145 Å². The highest BCUT2D eigenvalue weighted by Crippen LogP contribution is 2.31. The molecule has 0 unspecified atom stereocenters. The highest BCUT2D eigenvalue weighted by atomic mass is 16.6. The van der Waals surface area contributed by atoms with Crippen molar-refractivity contribution in [3.63, 3.8) is 0 Å². The molecular weight excluding hydrogens is 326 g/mol. The molecule has 25 heavy (non-hydrogen) atoms. The third-order valence-electron chi connectivity index (χ3n) is 3.83. The van der Waals surface area contributed by atoms with Crippen LogP contribution in [0.2, 0.25) is 0 Å². The number of nitro benzene ring substituents is 1. The predicted octanol–water partition coefficient (Wildman–Crippen LogP) is 1.49. The Kier molecular flexibility index (Phi) is 6.34. The zero-order valence-electron chi connectivity index (χ0n) is 13.7. The Morgan fingerprint density at radius 2 is 2.04 bits per heavy atom. The molecule has 1 N–H and O–H groups in total. The number of benzene rings is 1. The maximum Gasteiger partial charge on any atom is 0.338 e. The van der Waals surface area contributed by atoms with Crippen molar-refractivity contribution in [3.05, 3.63) is 33.9 Å². The second kappa shape index (κ2) is 8.68. The van der Waals surface area contributed by atoms with Crippen LogP contribution in [0.5, 0.6) is 0 Å². The number of hydrogen-bond acceptors (Lipinski definition) is 6. The third kappa shape index (κ3) is 4.94. The van der Waals surface area contributed by atoms with E-state index in [1.807, 2.05) is 4.90 Å². The largest absolute Gasteiger partial charge is 0.452 e. The molecule has 0 atom stereocenters. The molecule has 1 aliphatic heterocycles. The summed E-state index contributed by atoms with van der Waals surface area (Å²) in [6.45, 7) is 1.04. The van der Waals surface area contributed by atoms with Gasteiger partial charge in [-0.25, -0.2) is 4.79 Å². The summed E-state index contributed by atoms with van der Waals surface area (Å²) in [5, 5.41) is 13.7. The number of amides is 1. The summed E-state index contributed by atoms with van der Waals surface area (Å²) >= 11 is 0. The van der Waals surface area contributed by atoms with Crippen molar-refractivity contribution in [2.75, 3.05) is 31.1 Å². The molecular formula is C17H19N3O5. The van der Waals surface area contributed by atoms with Gasteiger partial charge in [0.25, 0.3) is 11.6 Å². The number of carbonyl (C=O) groups is 2. The molecule has 0 radical (unpaired) electrons. The van der Waals surface area contributed by atoms with Crippen LogP contribution < -0.4 is 10.2 Å². The van der Waals surface area contributed by atoms with Gasteiger partial charge in [0.1, 0.15) is 5.69 Å². The van der Waals surface area contributed by atoms with Crippen LogP contribution >= 0.6 is 0 Å². The van der Waals surface area contributed by atoms with Crippen LogP contribution in [0.1, 0.15) is 29.6 Å². The average Bonchev–Trinajstić information content (AvgIpc) is 2.64. The number of hydrogen-bond donors (Lipinski definition) is 1. The van der Waals surface area contributed by atoms with Crippen LogP contribution in [0.15, 0.2) is 18.2 Å². The van der Waals surface area contributed by atoms with Crippen LogP contribution in [-0.4, -0.2) is 43.0 Å². The smallest absolute Gasteiger partial charge is 0.338 e. The molecule has 8 nitrogen and oxygen atoms in total. The standard InChI is InChI=1S/C17H19N3O5/c1-2-8-18-16(21)12-25-17(22)13-6-7-14(15(11-13)20(23)24)19-9-4-3-5-10-19/h1,6-7,11H,3-5,8-10,12H2,(H,18,21). The molecule has 1 fully saturated rings. The molecule has 1 aliphatic rings. The predicted molar refractivity (Wildman–Crippen MR) is 91.3 cm³/mol. The maximum absolute atomic E-state index is 12.0. The monoisotopic (exact) mass is 345 g/mol. The fourth-order valence-corrected chi connectivity index (χ4v) is 2.61. The molecule has 2 rings (SSSR count). The van der Waals surface area contributed by atoms with Gasteiger partial charge in [0.15, 0.2) is 6.61 Å². The minimum Gasteiger partial charge on any atom is -0.452 e. The Morgan fingerprint density at radius 3 is 2.68 bits per heavy atom. The highest BCUT2D eigenvalue weighted by molar-refractivity contribution is 5.93. The molecule has 0 aliphatic carbocycles. The van der Waals surface area contributed by atoms with Gasteiger partial charge in [0.05, 0.1) is 17.0 Å². The number of nitro groups is 1. The summed E-state index contributed by atoms with van der Waals surface area (Å²) in [5.74, 6) is 0.885. The Balaban J connectivity index is 2.10. The number of carbonyl (C=O) groups excluding carboxylic acids is 2. The molecule has 132 valence electrons. The molecule has 1 aromatic carbocycles. The highest BCUT2D eigenvalue weighted by Gasteiger charge is 2.23. The Morgan fingerprint density at radius 1 is 1.32 bits per heavy atom. The van der Waals surface area contributed by atoms with E-state index in [4.69, 9.17) is 11.2 Å². The van der Waals surface area contributed by atoms with Gasteiger partial charge in [-0.3, -0.25) is 14.9 Å². The van der Waals surface area contributed by atoms with Crippen LogP contribution in [0, 0.1) is 22.5 Å². The lowest BCUT2D eigenvalue weighted by atomic mass is 10.1. The lowest BCUT2D eigenvalue weighted by molar-refractivity contribution is -0.384. The van der Waals surface area contributed by atoms with Crippen LogP contribution in [-0.2, 0) is 9.53 Å². The zero-order chi connectivity index (χ0) is 18.2. The fraction of sp³-hybridized carbons (Fsp3) is 0.412. The zero-order valence-corrected chi connectivity index (χ0v) is 13.7. The van der Waals surface area contributed by atoms with Gasteiger partial charge in [-0.15, -0.1) is 6.42 Å².